The molecule has 0 unspecified atom stereocenters. The number of hydrogen-bond donors (Lipinski definition) is 0. The first-order chi connectivity index (χ1) is 14.5. The van der Waals surface area contributed by atoms with Crippen LogP contribution in [-0.4, -0.2) is 49.7 Å². The molecule has 0 saturated carbocycles. The summed E-state index contributed by atoms with van der Waals surface area (Å²) in [7, 11) is -3.55. The second-order valence-electron chi connectivity index (χ2n) is 7.42. The van der Waals surface area contributed by atoms with E-state index in [0.29, 0.717) is 23.5 Å². The number of aryl methyl sites for hydroxylation is 1. The first kappa shape index (κ1) is 20.3. The van der Waals surface area contributed by atoms with Gasteiger partial charge in [0.2, 0.25) is 10.0 Å². The number of carbonyl (C=O) groups is 1. The molecular formula is C24H24N2O3S. The molecule has 1 aliphatic heterocycles. The maximum Gasteiger partial charge on any atom is 0.254 e. The van der Waals surface area contributed by atoms with Crippen LogP contribution in [0.1, 0.15) is 15.9 Å². The third kappa shape index (κ3) is 4.01. The van der Waals surface area contributed by atoms with Gasteiger partial charge in [-0.05, 0) is 36.2 Å². The molecule has 0 N–H and O–H groups in total. The van der Waals surface area contributed by atoms with Crippen LogP contribution in [-0.2, 0) is 10.0 Å². The number of nitrogens with zero attached hydrogens (tertiary/aromatic N) is 2. The van der Waals surface area contributed by atoms with Gasteiger partial charge in [0, 0.05) is 31.7 Å². The number of sulfonamides is 1. The summed E-state index contributed by atoms with van der Waals surface area (Å²) in [6.07, 6.45) is 0. The Morgan fingerprint density at radius 1 is 0.767 bits per heavy atom. The molecule has 3 aromatic carbocycles. The number of hydrogen-bond acceptors (Lipinski definition) is 3. The van der Waals surface area contributed by atoms with Crippen molar-refractivity contribution in [3.63, 3.8) is 0 Å². The highest BCUT2D eigenvalue weighted by molar-refractivity contribution is 7.89. The molecule has 0 atom stereocenters. The highest BCUT2D eigenvalue weighted by Gasteiger charge is 2.31. The fraction of sp³-hybridized carbons (Fsp3) is 0.208. The Morgan fingerprint density at radius 3 is 2.03 bits per heavy atom. The van der Waals surface area contributed by atoms with Gasteiger partial charge in [-0.3, -0.25) is 4.79 Å². The quantitative estimate of drug-likeness (QED) is 0.645. The summed E-state index contributed by atoms with van der Waals surface area (Å²) < 4.78 is 27.3. The van der Waals surface area contributed by atoms with Gasteiger partial charge in [0.05, 0.1) is 4.90 Å². The first-order valence-electron chi connectivity index (χ1n) is 9.97. The van der Waals surface area contributed by atoms with E-state index in [0.717, 1.165) is 16.7 Å². The Labute approximate surface area is 177 Å². The van der Waals surface area contributed by atoms with Crippen LogP contribution in [0.15, 0.2) is 83.8 Å². The van der Waals surface area contributed by atoms with E-state index < -0.39 is 10.0 Å². The normalized spacial score (nSPS) is 15.2. The van der Waals surface area contributed by atoms with Crippen molar-refractivity contribution in [1.29, 1.82) is 0 Å². The van der Waals surface area contributed by atoms with E-state index in [4.69, 9.17) is 0 Å². The lowest BCUT2D eigenvalue weighted by atomic mass is 9.99. The van der Waals surface area contributed by atoms with E-state index in [1.807, 2.05) is 61.5 Å². The molecule has 1 amide bonds. The third-order valence-corrected chi connectivity index (χ3v) is 7.34. The minimum absolute atomic E-state index is 0.0677. The van der Waals surface area contributed by atoms with E-state index in [1.165, 1.54) is 4.31 Å². The zero-order valence-electron chi connectivity index (χ0n) is 16.9. The van der Waals surface area contributed by atoms with Gasteiger partial charge < -0.3 is 4.90 Å². The Morgan fingerprint density at radius 2 is 1.37 bits per heavy atom. The Balaban J connectivity index is 1.50. The van der Waals surface area contributed by atoms with Gasteiger partial charge >= 0.3 is 0 Å². The highest BCUT2D eigenvalue weighted by atomic mass is 32.2. The monoisotopic (exact) mass is 420 g/mol. The second-order valence-corrected chi connectivity index (χ2v) is 9.36. The van der Waals surface area contributed by atoms with Gasteiger partial charge in [-0.25, -0.2) is 8.42 Å². The smallest absolute Gasteiger partial charge is 0.254 e. The Hall–Kier alpha value is -2.96. The summed E-state index contributed by atoms with van der Waals surface area (Å²) in [6.45, 7) is 3.24. The zero-order valence-corrected chi connectivity index (χ0v) is 17.7. The van der Waals surface area contributed by atoms with Crippen LogP contribution < -0.4 is 0 Å². The molecule has 1 heterocycles. The number of amides is 1. The van der Waals surface area contributed by atoms with Crippen LogP contribution in [0.25, 0.3) is 11.1 Å². The van der Waals surface area contributed by atoms with Crippen LogP contribution in [0, 0.1) is 6.92 Å². The van der Waals surface area contributed by atoms with Gasteiger partial charge in [0.15, 0.2) is 0 Å². The van der Waals surface area contributed by atoms with Crippen LogP contribution in [0.4, 0.5) is 0 Å². The topological polar surface area (TPSA) is 57.7 Å². The zero-order chi connectivity index (χ0) is 21.1. The van der Waals surface area contributed by atoms with Crippen molar-refractivity contribution in [3.8, 4) is 11.1 Å². The highest BCUT2D eigenvalue weighted by Crippen LogP contribution is 2.25. The molecule has 30 heavy (non-hydrogen) atoms. The summed E-state index contributed by atoms with van der Waals surface area (Å²) in [5.74, 6) is -0.0677. The fourth-order valence-corrected chi connectivity index (χ4v) is 5.12. The summed E-state index contributed by atoms with van der Waals surface area (Å²) in [4.78, 5) is 15.2. The molecule has 154 valence electrons. The maximum atomic E-state index is 13.2. The Kier molecular flexibility index (Phi) is 5.70. The average molecular weight is 421 g/mol. The van der Waals surface area contributed by atoms with Crippen LogP contribution in [0.3, 0.4) is 0 Å². The number of piperazine rings is 1. The van der Waals surface area contributed by atoms with E-state index >= 15 is 0 Å². The molecule has 0 spiro atoms. The fourth-order valence-electron chi connectivity index (χ4n) is 3.70. The molecule has 0 aliphatic carbocycles. The van der Waals surface area contributed by atoms with Crippen molar-refractivity contribution in [1.82, 2.24) is 9.21 Å². The van der Waals surface area contributed by atoms with Crippen molar-refractivity contribution in [2.75, 3.05) is 26.2 Å². The van der Waals surface area contributed by atoms with Crippen molar-refractivity contribution >= 4 is 15.9 Å². The van der Waals surface area contributed by atoms with Gasteiger partial charge in [0.1, 0.15) is 0 Å². The van der Waals surface area contributed by atoms with Crippen molar-refractivity contribution in [3.05, 3.63) is 90.0 Å². The predicted molar refractivity (Wildman–Crippen MR) is 118 cm³/mol. The van der Waals surface area contributed by atoms with E-state index in [1.54, 1.807) is 29.2 Å². The molecule has 4 rings (SSSR count). The lowest BCUT2D eigenvalue weighted by molar-refractivity contribution is 0.0698. The van der Waals surface area contributed by atoms with Crippen LogP contribution in [0.5, 0.6) is 0 Å². The number of rotatable bonds is 4. The minimum atomic E-state index is -3.55. The van der Waals surface area contributed by atoms with Crippen LogP contribution >= 0.6 is 0 Å². The van der Waals surface area contributed by atoms with Gasteiger partial charge in [0.25, 0.3) is 5.91 Å². The average Bonchev–Trinajstić information content (AvgIpc) is 2.79. The molecular weight excluding hydrogens is 396 g/mol. The summed E-state index contributed by atoms with van der Waals surface area (Å²) in [5, 5.41) is 0. The summed E-state index contributed by atoms with van der Waals surface area (Å²) in [5.41, 5.74) is 3.53. The summed E-state index contributed by atoms with van der Waals surface area (Å²) in [6, 6.07) is 24.2. The third-order valence-electron chi connectivity index (χ3n) is 5.43. The lowest BCUT2D eigenvalue weighted by Crippen LogP contribution is -2.50. The van der Waals surface area contributed by atoms with Crippen molar-refractivity contribution < 1.29 is 13.2 Å². The molecule has 3 aromatic rings. The van der Waals surface area contributed by atoms with Crippen molar-refractivity contribution in [2.45, 2.75) is 11.8 Å². The van der Waals surface area contributed by atoms with E-state index in [9.17, 15) is 13.2 Å². The van der Waals surface area contributed by atoms with E-state index in [2.05, 4.69) is 0 Å². The maximum absolute atomic E-state index is 13.2. The SMILES string of the molecule is Cc1ccc(S(=O)(=O)N2CCN(C(=O)c3ccccc3-c3ccccc3)CC2)cc1. The lowest BCUT2D eigenvalue weighted by Gasteiger charge is -2.34. The van der Waals surface area contributed by atoms with Gasteiger partial charge in [-0.1, -0.05) is 66.2 Å². The van der Waals surface area contributed by atoms with E-state index in [-0.39, 0.29) is 19.0 Å². The second kappa shape index (κ2) is 8.42. The molecule has 1 fully saturated rings. The summed E-state index contributed by atoms with van der Waals surface area (Å²) >= 11 is 0. The Bertz CT molecular complexity index is 1130. The number of benzene rings is 3. The molecule has 1 saturated heterocycles. The molecule has 1 aliphatic rings. The van der Waals surface area contributed by atoms with Crippen molar-refractivity contribution in [2.24, 2.45) is 0 Å². The number of carbonyl (C=O) groups excluding carboxylic acids is 1. The molecule has 6 heteroatoms. The first-order valence-corrected chi connectivity index (χ1v) is 11.4. The standard InChI is InChI=1S/C24H24N2O3S/c1-19-11-13-21(14-12-19)30(28,29)26-17-15-25(16-18-26)24(27)23-10-6-5-9-22(23)20-7-3-2-4-8-20/h2-14H,15-18H2,1H3. The largest absolute Gasteiger partial charge is 0.336 e. The van der Waals surface area contributed by atoms with Gasteiger partial charge in [-0.2, -0.15) is 4.31 Å². The predicted octanol–water partition coefficient (Wildman–Crippen LogP) is 3.81. The van der Waals surface area contributed by atoms with Crippen LogP contribution in [0.2, 0.25) is 0 Å². The molecule has 5 nitrogen and oxygen atoms in total. The molecule has 0 radical (unpaired) electrons. The minimum Gasteiger partial charge on any atom is -0.336 e. The molecule has 0 aromatic heterocycles. The van der Waals surface area contributed by atoms with Gasteiger partial charge in [-0.15, -0.1) is 0 Å². The molecule has 0 bridgehead atoms.